The highest BCUT2D eigenvalue weighted by Crippen LogP contribution is 2.35. The van der Waals surface area contributed by atoms with Crippen molar-refractivity contribution in [1.82, 2.24) is 0 Å². The number of aliphatic hydroxyl groups is 1. The first-order valence-electron chi connectivity index (χ1n) is 14.2. The standard InChI is InChI=1S/C39H26O6/c1-2-39(40)27-3-7-29(8-4-27)41-31-11-15-33(16-12-31)43-35-19-23-37(24-20-35)45-38-25-21-36(22-26-38)44-34-17-13-32(14-18-34)42-30-9-5-28(39)6-10-30/h1,3-26,40H. The van der Waals surface area contributed by atoms with Gasteiger partial charge in [0, 0.05) is 11.1 Å². The molecule has 0 saturated carbocycles. The van der Waals surface area contributed by atoms with E-state index in [1.165, 1.54) is 0 Å². The van der Waals surface area contributed by atoms with Gasteiger partial charge in [-0.25, -0.2) is 0 Å². The van der Waals surface area contributed by atoms with Gasteiger partial charge in [-0.05, 0) is 121 Å². The van der Waals surface area contributed by atoms with Gasteiger partial charge in [0.2, 0.25) is 0 Å². The Morgan fingerprint density at radius 1 is 0.333 bits per heavy atom. The maximum Gasteiger partial charge on any atom is 0.176 e. The molecule has 0 radical (unpaired) electrons. The van der Waals surface area contributed by atoms with Gasteiger partial charge in [-0.3, -0.25) is 0 Å². The highest BCUT2D eigenvalue weighted by molar-refractivity contribution is 5.48. The number of ether oxygens (including phenoxy) is 5. The zero-order valence-corrected chi connectivity index (χ0v) is 23.9. The van der Waals surface area contributed by atoms with Crippen LogP contribution in [-0.2, 0) is 5.60 Å². The van der Waals surface area contributed by atoms with Gasteiger partial charge in [0.1, 0.15) is 57.5 Å². The van der Waals surface area contributed by atoms with E-state index in [1.54, 1.807) is 48.5 Å². The van der Waals surface area contributed by atoms with Gasteiger partial charge in [0.15, 0.2) is 5.60 Å². The molecule has 6 nitrogen and oxygen atoms in total. The van der Waals surface area contributed by atoms with Gasteiger partial charge in [-0.2, -0.15) is 0 Å². The monoisotopic (exact) mass is 590 g/mol. The van der Waals surface area contributed by atoms with E-state index in [9.17, 15) is 5.11 Å². The van der Waals surface area contributed by atoms with Crippen LogP contribution in [0.4, 0.5) is 0 Å². The van der Waals surface area contributed by atoms with Crippen LogP contribution in [-0.4, -0.2) is 5.11 Å². The van der Waals surface area contributed by atoms with Crippen molar-refractivity contribution in [2.75, 3.05) is 0 Å². The Morgan fingerprint density at radius 2 is 0.489 bits per heavy atom. The van der Waals surface area contributed by atoms with Crippen LogP contribution < -0.4 is 23.7 Å². The zero-order chi connectivity index (χ0) is 30.6. The molecule has 10 aliphatic heterocycles. The lowest BCUT2D eigenvalue weighted by Gasteiger charge is -2.24. The van der Waals surface area contributed by atoms with E-state index in [0.717, 1.165) is 0 Å². The summed E-state index contributed by atoms with van der Waals surface area (Å²) in [7, 11) is 0. The summed E-state index contributed by atoms with van der Waals surface area (Å²) < 4.78 is 30.0. The molecule has 12 bridgehead atoms. The third-order valence-electron chi connectivity index (χ3n) is 7.23. The molecule has 218 valence electrons. The molecule has 16 rings (SSSR count). The minimum absolute atomic E-state index is 0.538. The molecule has 0 unspecified atom stereocenters. The molecule has 0 atom stereocenters. The smallest absolute Gasteiger partial charge is 0.176 e. The van der Waals surface area contributed by atoms with Crippen molar-refractivity contribution < 1.29 is 28.8 Å². The summed E-state index contributed by atoms with van der Waals surface area (Å²) in [5, 5.41) is 11.5. The normalized spacial score (nSPS) is 13.2. The Labute approximate surface area is 260 Å². The molecule has 0 spiro atoms. The third-order valence-corrected chi connectivity index (χ3v) is 7.23. The summed E-state index contributed by atoms with van der Waals surface area (Å²) in [5.74, 6) is 9.01. The number of hydrogen-bond donors (Lipinski definition) is 1. The first-order valence-corrected chi connectivity index (χ1v) is 14.2. The highest BCUT2D eigenvalue weighted by Gasteiger charge is 2.29. The van der Waals surface area contributed by atoms with Crippen LogP contribution in [0.1, 0.15) is 11.1 Å². The molecule has 10 aliphatic rings. The predicted molar refractivity (Wildman–Crippen MR) is 171 cm³/mol. The third kappa shape index (κ3) is 6.16. The van der Waals surface area contributed by atoms with E-state index in [1.807, 2.05) is 97.1 Å². The fourth-order valence-corrected chi connectivity index (χ4v) is 4.85. The van der Waals surface area contributed by atoms with Crippen LogP contribution in [0.5, 0.6) is 57.5 Å². The Balaban J connectivity index is 1.18. The summed E-state index contributed by atoms with van der Waals surface area (Å²) in [6.45, 7) is 0. The van der Waals surface area contributed by atoms with Crippen LogP contribution in [0.3, 0.4) is 0 Å². The van der Waals surface area contributed by atoms with E-state index in [0.29, 0.717) is 68.6 Å². The Bertz CT molecular complexity index is 1800. The van der Waals surface area contributed by atoms with E-state index < -0.39 is 5.60 Å². The molecule has 0 aliphatic carbocycles. The molecule has 10 heterocycles. The Kier molecular flexibility index (Phi) is 7.28. The van der Waals surface area contributed by atoms with Gasteiger partial charge in [0.05, 0.1) is 0 Å². The molecule has 0 fully saturated rings. The van der Waals surface area contributed by atoms with E-state index >= 15 is 0 Å². The van der Waals surface area contributed by atoms with E-state index in [2.05, 4.69) is 5.92 Å². The van der Waals surface area contributed by atoms with Crippen LogP contribution >= 0.6 is 0 Å². The second-order valence-corrected chi connectivity index (χ2v) is 10.3. The molecule has 45 heavy (non-hydrogen) atoms. The summed E-state index contributed by atoms with van der Waals surface area (Å²) >= 11 is 0. The fourth-order valence-electron chi connectivity index (χ4n) is 4.85. The van der Waals surface area contributed by atoms with Gasteiger partial charge in [-0.15, -0.1) is 6.42 Å². The number of hydrogen-bond acceptors (Lipinski definition) is 6. The SMILES string of the molecule is C#CC1(O)c2ccc(cc2)Oc2ccc(cc2)Oc2ccc(cc2)Oc2ccc(cc2)Oc2ccc(cc2)Oc2ccc1cc2. The maximum atomic E-state index is 11.5. The maximum absolute atomic E-state index is 11.5. The van der Waals surface area contributed by atoms with Crippen molar-refractivity contribution in [2.45, 2.75) is 5.60 Å². The van der Waals surface area contributed by atoms with Crippen LogP contribution in [0, 0.1) is 12.3 Å². The zero-order valence-electron chi connectivity index (χ0n) is 23.9. The summed E-state index contributed by atoms with van der Waals surface area (Å²) in [6.07, 6.45) is 5.85. The molecule has 0 amide bonds. The Hall–Kier alpha value is -6.16. The molecular weight excluding hydrogens is 564 g/mol. The lowest BCUT2D eigenvalue weighted by atomic mass is 9.87. The summed E-state index contributed by atoms with van der Waals surface area (Å²) in [5.41, 5.74) is -0.565. The second kappa shape index (κ2) is 11.8. The molecule has 0 aromatic heterocycles. The summed E-state index contributed by atoms with van der Waals surface area (Å²) in [4.78, 5) is 0. The predicted octanol–water partition coefficient (Wildman–Crippen LogP) is 9.83. The highest BCUT2D eigenvalue weighted by atomic mass is 16.5. The average Bonchev–Trinajstić information content (AvgIpc) is 3.08. The van der Waals surface area contributed by atoms with Gasteiger partial charge < -0.3 is 28.8 Å². The first-order chi connectivity index (χ1) is 22.0. The van der Waals surface area contributed by atoms with Crippen molar-refractivity contribution in [2.24, 2.45) is 0 Å². The first kappa shape index (κ1) is 27.7. The lowest BCUT2D eigenvalue weighted by Crippen LogP contribution is -2.24. The minimum Gasteiger partial charge on any atom is -0.457 e. The second-order valence-electron chi connectivity index (χ2n) is 10.3. The molecule has 6 aromatic rings. The lowest BCUT2D eigenvalue weighted by molar-refractivity contribution is 0.145. The van der Waals surface area contributed by atoms with Gasteiger partial charge in [-0.1, -0.05) is 30.2 Å². The molecule has 6 heteroatoms. The van der Waals surface area contributed by atoms with Gasteiger partial charge in [0.25, 0.3) is 0 Å². The van der Waals surface area contributed by atoms with E-state index in [-0.39, 0.29) is 0 Å². The number of terminal acetylenes is 1. The molecule has 6 aromatic carbocycles. The van der Waals surface area contributed by atoms with Crippen molar-refractivity contribution in [3.8, 4) is 69.8 Å². The average molecular weight is 591 g/mol. The minimum atomic E-state index is -1.64. The number of benzene rings is 6. The van der Waals surface area contributed by atoms with Crippen molar-refractivity contribution in [3.63, 3.8) is 0 Å². The summed E-state index contributed by atoms with van der Waals surface area (Å²) in [6, 6.07) is 43.4. The Morgan fingerprint density at radius 3 is 0.644 bits per heavy atom. The van der Waals surface area contributed by atoms with Gasteiger partial charge >= 0.3 is 0 Å². The van der Waals surface area contributed by atoms with Crippen molar-refractivity contribution in [1.29, 1.82) is 0 Å². The van der Waals surface area contributed by atoms with Crippen LogP contribution in [0.25, 0.3) is 0 Å². The quantitative estimate of drug-likeness (QED) is 0.178. The van der Waals surface area contributed by atoms with Crippen molar-refractivity contribution >= 4 is 0 Å². The fraction of sp³-hybridized carbons (Fsp3) is 0.0256. The van der Waals surface area contributed by atoms with Crippen LogP contribution in [0.15, 0.2) is 146 Å². The topological polar surface area (TPSA) is 66.4 Å². The van der Waals surface area contributed by atoms with Crippen LogP contribution in [0.2, 0.25) is 0 Å². The van der Waals surface area contributed by atoms with E-state index in [4.69, 9.17) is 30.1 Å². The molecular formula is C39H26O6. The molecule has 1 N–H and O–H groups in total. The number of rotatable bonds is 0. The largest absolute Gasteiger partial charge is 0.457 e. The molecule has 0 saturated heterocycles. The van der Waals surface area contributed by atoms with Crippen molar-refractivity contribution in [3.05, 3.63) is 157 Å².